The van der Waals surface area contributed by atoms with Gasteiger partial charge in [-0.25, -0.2) is 18.0 Å². The maximum absolute atomic E-state index is 13.0. The number of rotatable bonds is 8. The lowest BCUT2D eigenvalue weighted by Gasteiger charge is -2.17. The standard InChI is InChI=1S/C18H20ClNO7S2/c1-11-14(16(21)25-3)18(28-15(11)17(22)26-4)29(23,24)20(2)9-10-27-13-7-5-12(19)6-8-13/h5-8H,9-10H2,1-4H3. The van der Waals surface area contributed by atoms with Crippen molar-refractivity contribution in [1.29, 1.82) is 0 Å². The number of ether oxygens (including phenoxy) is 3. The number of halogens is 1. The molecule has 1 aromatic heterocycles. The van der Waals surface area contributed by atoms with Gasteiger partial charge in [-0.3, -0.25) is 0 Å². The van der Waals surface area contributed by atoms with Crippen molar-refractivity contribution in [3.8, 4) is 5.75 Å². The Morgan fingerprint density at radius 3 is 2.24 bits per heavy atom. The Hall–Kier alpha value is -2.14. The molecule has 0 fully saturated rings. The summed E-state index contributed by atoms with van der Waals surface area (Å²) >= 11 is 6.48. The number of likely N-dealkylation sites (N-methyl/N-ethyl adjacent to an activating group) is 1. The van der Waals surface area contributed by atoms with E-state index in [0.29, 0.717) is 22.1 Å². The van der Waals surface area contributed by atoms with Crippen LogP contribution in [0.3, 0.4) is 0 Å². The first-order valence-corrected chi connectivity index (χ1v) is 10.9. The summed E-state index contributed by atoms with van der Waals surface area (Å²) in [5.74, 6) is -1.04. The zero-order valence-corrected chi connectivity index (χ0v) is 18.6. The van der Waals surface area contributed by atoms with Crippen LogP contribution in [-0.4, -0.2) is 59.1 Å². The molecular formula is C18H20ClNO7S2. The molecule has 1 aromatic carbocycles. The average molecular weight is 462 g/mol. The van der Waals surface area contributed by atoms with Gasteiger partial charge in [0.15, 0.2) is 4.21 Å². The molecule has 8 nitrogen and oxygen atoms in total. The first kappa shape index (κ1) is 23.1. The smallest absolute Gasteiger partial charge is 0.348 e. The van der Waals surface area contributed by atoms with Crippen LogP contribution in [0.5, 0.6) is 5.75 Å². The quantitative estimate of drug-likeness (QED) is 0.557. The highest BCUT2D eigenvalue weighted by Gasteiger charge is 2.34. The van der Waals surface area contributed by atoms with Gasteiger partial charge >= 0.3 is 11.9 Å². The number of carbonyl (C=O) groups excluding carboxylic acids is 2. The van der Waals surface area contributed by atoms with Crippen LogP contribution < -0.4 is 4.74 Å². The Morgan fingerprint density at radius 1 is 1.10 bits per heavy atom. The topological polar surface area (TPSA) is 99.2 Å². The predicted molar refractivity (Wildman–Crippen MR) is 108 cm³/mol. The Bertz CT molecular complexity index is 1000. The van der Waals surface area contributed by atoms with E-state index >= 15 is 0 Å². The van der Waals surface area contributed by atoms with Crippen LogP contribution in [0, 0.1) is 6.92 Å². The molecule has 1 heterocycles. The van der Waals surface area contributed by atoms with Gasteiger partial charge in [-0.1, -0.05) is 11.6 Å². The first-order valence-electron chi connectivity index (χ1n) is 8.28. The molecule has 2 aromatic rings. The minimum atomic E-state index is -4.09. The molecule has 0 spiro atoms. The van der Waals surface area contributed by atoms with E-state index in [-0.39, 0.29) is 33.4 Å². The predicted octanol–water partition coefficient (Wildman–Crippen LogP) is 2.98. The average Bonchev–Trinajstić information content (AvgIpc) is 3.06. The van der Waals surface area contributed by atoms with Crippen LogP contribution in [0.25, 0.3) is 0 Å². The molecule has 0 amide bonds. The van der Waals surface area contributed by atoms with E-state index in [0.717, 1.165) is 11.4 Å². The van der Waals surface area contributed by atoms with Crippen LogP contribution in [0.2, 0.25) is 5.02 Å². The van der Waals surface area contributed by atoms with Gasteiger partial charge in [-0.2, -0.15) is 4.31 Å². The zero-order valence-electron chi connectivity index (χ0n) is 16.2. The Labute approximate surface area is 178 Å². The normalized spacial score (nSPS) is 11.4. The maximum Gasteiger partial charge on any atom is 0.348 e. The molecule has 158 valence electrons. The Kier molecular flexibility index (Phi) is 7.64. The van der Waals surface area contributed by atoms with E-state index in [1.165, 1.54) is 21.1 Å². The fourth-order valence-electron chi connectivity index (χ4n) is 2.38. The van der Waals surface area contributed by atoms with Crippen molar-refractivity contribution < 1.29 is 32.2 Å². The van der Waals surface area contributed by atoms with E-state index in [4.69, 9.17) is 21.1 Å². The van der Waals surface area contributed by atoms with Crippen LogP contribution in [-0.2, 0) is 19.5 Å². The molecule has 0 unspecified atom stereocenters. The van der Waals surface area contributed by atoms with Gasteiger partial charge in [0, 0.05) is 18.6 Å². The van der Waals surface area contributed by atoms with Gasteiger partial charge in [-0.05, 0) is 36.8 Å². The lowest BCUT2D eigenvalue weighted by atomic mass is 10.2. The van der Waals surface area contributed by atoms with Crippen molar-refractivity contribution in [1.82, 2.24) is 4.31 Å². The Balaban J connectivity index is 2.27. The summed E-state index contributed by atoms with van der Waals surface area (Å²) in [4.78, 5) is 24.2. The number of methoxy groups -OCH3 is 2. The highest BCUT2D eigenvalue weighted by Crippen LogP contribution is 2.34. The highest BCUT2D eigenvalue weighted by atomic mass is 35.5. The number of hydrogen-bond acceptors (Lipinski definition) is 8. The van der Waals surface area contributed by atoms with Gasteiger partial charge < -0.3 is 14.2 Å². The molecule has 29 heavy (non-hydrogen) atoms. The highest BCUT2D eigenvalue weighted by molar-refractivity contribution is 7.91. The van der Waals surface area contributed by atoms with Crippen LogP contribution >= 0.6 is 22.9 Å². The van der Waals surface area contributed by atoms with Gasteiger partial charge in [0.05, 0.1) is 19.8 Å². The van der Waals surface area contributed by atoms with Crippen molar-refractivity contribution in [2.24, 2.45) is 0 Å². The molecule has 0 N–H and O–H groups in total. The fraction of sp³-hybridized carbons (Fsp3) is 0.333. The molecule has 0 saturated heterocycles. The van der Waals surface area contributed by atoms with E-state index in [1.807, 2.05) is 0 Å². The molecule has 0 aliphatic heterocycles. The van der Waals surface area contributed by atoms with Crippen molar-refractivity contribution in [3.05, 3.63) is 45.3 Å². The summed E-state index contributed by atoms with van der Waals surface area (Å²) in [6.07, 6.45) is 0. The lowest BCUT2D eigenvalue weighted by Crippen LogP contribution is -2.31. The van der Waals surface area contributed by atoms with Gasteiger partial charge in [0.25, 0.3) is 10.0 Å². The first-order chi connectivity index (χ1) is 13.6. The van der Waals surface area contributed by atoms with Crippen LogP contribution in [0.4, 0.5) is 0 Å². The number of hydrogen-bond donors (Lipinski definition) is 0. The second kappa shape index (κ2) is 9.57. The summed E-state index contributed by atoms with van der Waals surface area (Å²) in [6.45, 7) is 1.55. The lowest BCUT2D eigenvalue weighted by molar-refractivity contribution is 0.0596. The molecule has 0 radical (unpaired) electrons. The molecular weight excluding hydrogens is 442 g/mol. The molecule has 0 bridgehead atoms. The van der Waals surface area contributed by atoms with E-state index in [9.17, 15) is 18.0 Å². The summed E-state index contributed by atoms with van der Waals surface area (Å²) in [5, 5.41) is 0.557. The number of nitrogens with zero attached hydrogens (tertiary/aromatic N) is 1. The SMILES string of the molecule is COC(=O)c1sc(S(=O)(=O)N(C)CCOc2ccc(Cl)cc2)c(C(=O)OC)c1C. The minimum absolute atomic E-state index is 0.01000. The van der Waals surface area contributed by atoms with Crippen molar-refractivity contribution in [2.75, 3.05) is 34.4 Å². The van der Waals surface area contributed by atoms with E-state index < -0.39 is 22.0 Å². The number of benzene rings is 1. The number of esters is 2. The second-order valence-electron chi connectivity index (χ2n) is 5.83. The van der Waals surface area contributed by atoms with Crippen LogP contribution in [0.15, 0.2) is 28.5 Å². The largest absolute Gasteiger partial charge is 0.492 e. The third-order valence-corrected chi connectivity index (χ3v) is 7.88. The van der Waals surface area contributed by atoms with Gasteiger partial charge in [0.2, 0.25) is 0 Å². The van der Waals surface area contributed by atoms with Crippen molar-refractivity contribution >= 4 is 44.9 Å². The maximum atomic E-state index is 13.0. The summed E-state index contributed by atoms with van der Waals surface area (Å²) < 4.78 is 41.7. The van der Waals surface area contributed by atoms with Crippen molar-refractivity contribution in [2.45, 2.75) is 11.1 Å². The fourth-order valence-corrected chi connectivity index (χ4v) is 5.60. The number of thiophene rings is 1. The third-order valence-electron chi connectivity index (χ3n) is 4.01. The van der Waals surface area contributed by atoms with Crippen molar-refractivity contribution in [3.63, 3.8) is 0 Å². The van der Waals surface area contributed by atoms with Gasteiger partial charge in [-0.15, -0.1) is 11.3 Å². The summed E-state index contributed by atoms with van der Waals surface area (Å²) in [7, 11) is -0.421. The minimum Gasteiger partial charge on any atom is -0.492 e. The molecule has 0 atom stereocenters. The number of sulfonamides is 1. The summed E-state index contributed by atoms with van der Waals surface area (Å²) in [5.41, 5.74) is 0.0152. The molecule has 0 aliphatic carbocycles. The molecule has 0 aliphatic rings. The monoisotopic (exact) mass is 461 g/mol. The Morgan fingerprint density at radius 2 is 1.69 bits per heavy atom. The number of carbonyl (C=O) groups is 2. The van der Waals surface area contributed by atoms with E-state index in [2.05, 4.69) is 4.74 Å². The summed E-state index contributed by atoms with van der Waals surface area (Å²) in [6, 6.07) is 6.64. The third kappa shape index (κ3) is 5.08. The van der Waals surface area contributed by atoms with Crippen LogP contribution in [0.1, 0.15) is 25.6 Å². The second-order valence-corrected chi connectivity index (χ2v) is 9.53. The molecule has 11 heteroatoms. The molecule has 2 rings (SSSR count). The zero-order chi connectivity index (χ0) is 21.8. The van der Waals surface area contributed by atoms with E-state index in [1.54, 1.807) is 24.3 Å². The molecule has 0 saturated carbocycles. The van der Waals surface area contributed by atoms with Gasteiger partial charge in [0.1, 0.15) is 17.2 Å².